The van der Waals surface area contributed by atoms with Crippen molar-refractivity contribution in [2.24, 2.45) is 17.8 Å². The second-order valence-electron chi connectivity index (χ2n) is 11.8. The average molecular weight is 535 g/mol. The number of hydrogen-bond acceptors (Lipinski definition) is 4. The molecule has 0 bridgehead atoms. The van der Waals surface area contributed by atoms with Gasteiger partial charge < -0.3 is 20.6 Å². The number of hydrogen-bond donors (Lipinski definition) is 4. The number of rotatable bonds is 9. The minimum Gasteiger partial charge on any atom is -0.341 e. The van der Waals surface area contributed by atoms with Crippen LogP contribution in [-0.2, 0) is 13.1 Å². The first-order valence-corrected chi connectivity index (χ1v) is 14.5. The molecule has 0 radical (unpaired) electrons. The fourth-order valence-electron chi connectivity index (χ4n) is 5.02. The molecule has 0 aliphatic heterocycles. The maximum absolute atomic E-state index is 4.58. The molecule has 2 aromatic carbocycles. The van der Waals surface area contributed by atoms with Crippen LogP contribution in [0.15, 0.2) is 48.8 Å². The quantitative estimate of drug-likeness (QED) is 0.188. The van der Waals surface area contributed by atoms with Gasteiger partial charge in [-0.2, -0.15) is 0 Å². The lowest BCUT2D eigenvalue weighted by Crippen LogP contribution is -2.30. The largest absolute Gasteiger partial charge is 0.341 e. The van der Waals surface area contributed by atoms with E-state index < -0.39 is 0 Å². The van der Waals surface area contributed by atoms with Crippen LogP contribution in [0.1, 0.15) is 68.5 Å². The molecule has 0 amide bonds. The smallest absolute Gasteiger partial charge is 0.120 e. The van der Waals surface area contributed by atoms with E-state index in [1.807, 2.05) is 12.4 Å². The van der Waals surface area contributed by atoms with Crippen molar-refractivity contribution in [3.05, 3.63) is 82.7 Å². The topological polar surface area (TPSA) is 81.4 Å². The van der Waals surface area contributed by atoms with E-state index in [1.165, 1.54) is 0 Å². The third-order valence-electron chi connectivity index (χ3n) is 8.58. The minimum absolute atomic E-state index is 0.444. The van der Waals surface area contributed by atoms with E-state index in [0.717, 1.165) is 81.3 Å². The molecule has 0 saturated heterocycles. The van der Waals surface area contributed by atoms with Gasteiger partial charge in [-0.25, -0.2) is 9.97 Å². The number of aromatic amines is 2. The Hall–Kier alpha value is -3.66. The predicted molar refractivity (Wildman–Crippen MR) is 164 cm³/mol. The molecule has 2 heterocycles. The third kappa shape index (κ3) is 6.38. The Morgan fingerprint density at radius 1 is 0.775 bits per heavy atom. The van der Waals surface area contributed by atoms with Crippen molar-refractivity contribution in [2.45, 2.75) is 73.6 Å². The van der Waals surface area contributed by atoms with Crippen molar-refractivity contribution in [1.82, 2.24) is 30.6 Å². The normalized spacial score (nSPS) is 18.9. The number of H-pyrrole nitrogens is 2. The van der Waals surface area contributed by atoms with Crippen molar-refractivity contribution in [1.29, 1.82) is 0 Å². The molecular formula is C34H42N6. The zero-order valence-electron chi connectivity index (χ0n) is 24.8. The van der Waals surface area contributed by atoms with Gasteiger partial charge in [0.05, 0.1) is 36.9 Å². The molecule has 5 rings (SSSR count). The van der Waals surface area contributed by atoms with Gasteiger partial charge in [0.15, 0.2) is 0 Å². The summed E-state index contributed by atoms with van der Waals surface area (Å²) >= 11 is 0. The van der Waals surface area contributed by atoms with E-state index in [2.05, 4.69) is 127 Å². The highest BCUT2D eigenvalue weighted by Gasteiger charge is 2.42. The number of aryl methyl sites for hydroxylation is 2. The van der Waals surface area contributed by atoms with E-state index in [4.69, 9.17) is 0 Å². The maximum Gasteiger partial charge on any atom is 0.120 e. The second-order valence-corrected chi connectivity index (χ2v) is 11.8. The number of benzene rings is 2. The molecule has 4 aromatic rings. The van der Waals surface area contributed by atoms with Gasteiger partial charge in [-0.15, -0.1) is 0 Å². The van der Waals surface area contributed by atoms with E-state index in [1.54, 1.807) is 0 Å². The van der Waals surface area contributed by atoms with Crippen LogP contribution in [0.2, 0.25) is 0 Å². The number of nitrogens with zero attached hydrogens (tertiary/aromatic N) is 2. The molecule has 3 unspecified atom stereocenters. The zero-order chi connectivity index (χ0) is 28.4. The van der Waals surface area contributed by atoms with Gasteiger partial charge in [-0.05, 0) is 85.0 Å². The van der Waals surface area contributed by atoms with E-state index in [0.29, 0.717) is 18.0 Å². The summed E-state index contributed by atoms with van der Waals surface area (Å²) in [5, 5.41) is 7.13. The highest BCUT2D eigenvalue weighted by molar-refractivity contribution is 5.64. The second kappa shape index (κ2) is 11.8. The lowest BCUT2D eigenvalue weighted by Gasteiger charge is -2.16. The Bertz CT molecular complexity index is 1420. The van der Waals surface area contributed by atoms with Crippen molar-refractivity contribution >= 4 is 0 Å². The SMILES string of the molecule is Cc1cc(-c2cnc(CNC(C)C(C)C)[nH]2)ccc1C#Cc1ccc(-c2cnc(CNC3C(C)[C@H]3C)[nH]2)cc1C. The molecule has 1 saturated carbocycles. The van der Waals surface area contributed by atoms with Crippen LogP contribution in [0.25, 0.3) is 22.5 Å². The summed E-state index contributed by atoms with van der Waals surface area (Å²) in [6.07, 6.45) is 3.84. The monoisotopic (exact) mass is 534 g/mol. The van der Waals surface area contributed by atoms with E-state index in [-0.39, 0.29) is 0 Å². The van der Waals surface area contributed by atoms with Crippen LogP contribution in [0.5, 0.6) is 0 Å². The standard InChI is InChI=1S/C34H42N6/c1-20(2)25(7)35-18-32-36-16-30(39-32)28-12-10-26(21(3)14-28)8-9-27-11-13-29(15-22(27)4)31-17-37-33(40-31)19-38-34-23(5)24(34)6/h10-17,20,23-25,34-35,38H,18-19H2,1-7H3,(H,36,39)(H,37,40)/t23-,24?,25?,34?/m1/s1. The molecule has 2 aromatic heterocycles. The minimum atomic E-state index is 0.444. The van der Waals surface area contributed by atoms with Crippen molar-refractivity contribution in [3.63, 3.8) is 0 Å². The molecule has 40 heavy (non-hydrogen) atoms. The summed E-state index contributed by atoms with van der Waals surface area (Å²) in [5.74, 6) is 10.8. The fourth-order valence-corrected chi connectivity index (χ4v) is 5.02. The van der Waals surface area contributed by atoms with Crippen LogP contribution in [0, 0.1) is 43.4 Å². The van der Waals surface area contributed by atoms with Gasteiger partial charge in [-0.1, -0.05) is 51.7 Å². The number of imidazole rings is 2. The van der Waals surface area contributed by atoms with Crippen LogP contribution in [0.3, 0.4) is 0 Å². The number of aromatic nitrogens is 4. The van der Waals surface area contributed by atoms with Crippen molar-refractivity contribution in [2.75, 3.05) is 0 Å². The Kier molecular flexibility index (Phi) is 8.25. The summed E-state index contributed by atoms with van der Waals surface area (Å²) in [6.45, 7) is 17.0. The maximum atomic E-state index is 4.58. The van der Waals surface area contributed by atoms with Gasteiger partial charge >= 0.3 is 0 Å². The highest BCUT2D eigenvalue weighted by Crippen LogP contribution is 2.37. The lowest BCUT2D eigenvalue weighted by molar-refractivity contribution is 0.422. The molecule has 6 nitrogen and oxygen atoms in total. The van der Waals surface area contributed by atoms with Crippen LogP contribution in [0.4, 0.5) is 0 Å². The summed E-state index contributed by atoms with van der Waals surface area (Å²) in [6, 6.07) is 13.9. The molecule has 1 aliphatic carbocycles. The molecule has 0 spiro atoms. The summed E-state index contributed by atoms with van der Waals surface area (Å²) in [5.41, 5.74) is 8.68. The van der Waals surface area contributed by atoms with Crippen LogP contribution in [-0.4, -0.2) is 32.0 Å². The summed E-state index contributed by atoms with van der Waals surface area (Å²) in [7, 11) is 0. The lowest BCUT2D eigenvalue weighted by atomic mass is 10.0. The predicted octanol–water partition coefficient (Wildman–Crippen LogP) is 6.36. The fraction of sp³-hybridized carbons (Fsp3) is 0.412. The van der Waals surface area contributed by atoms with Gasteiger partial charge in [0.25, 0.3) is 0 Å². The van der Waals surface area contributed by atoms with Gasteiger partial charge in [0.2, 0.25) is 0 Å². The first-order valence-electron chi connectivity index (χ1n) is 14.5. The van der Waals surface area contributed by atoms with Crippen molar-refractivity contribution in [3.8, 4) is 34.4 Å². The molecule has 1 fully saturated rings. The Balaban J connectivity index is 1.23. The Morgan fingerprint density at radius 3 is 1.73 bits per heavy atom. The van der Waals surface area contributed by atoms with Gasteiger partial charge in [0, 0.05) is 23.2 Å². The highest BCUT2D eigenvalue weighted by atomic mass is 15.0. The summed E-state index contributed by atoms with van der Waals surface area (Å²) < 4.78 is 0. The molecule has 1 aliphatic rings. The third-order valence-corrected chi connectivity index (χ3v) is 8.58. The first-order chi connectivity index (χ1) is 19.2. The van der Waals surface area contributed by atoms with E-state index >= 15 is 0 Å². The Labute approximate surface area is 238 Å². The molecule has 208 valence electrons. The molecule has 6 heteroatoms. The van der Waals surface area contributed by atoms with Crippen molar-refractivity contribution < 1.29 is 0 Å². The molecule has 4 N–H and O–H groups in total. The Morgan fingerprint density at radius 2 is 1.27 bits per heavy atom. The zero-order valence-corrected chi connectivity index (χ0v) is 24.8. The van der Waals surface area contributed by atoms with E-state index in [9.17, 15) is 0 Å². The van der Waals surface area contributed by atoms with Crippen LogP contribution >= 0.6 is 0 Å². The molecular weight excluding hydrogens is 492 g/mol. The molecule has 4 atom stereocenters. The first kappa shape index (κ1) is 27.9. The van der Waals surface area contributed by atoms with Crippen LogP contribution < -0.4 is 10.6 Å². The average Bonchev–Trinajstić information content (AvgIpc) is 3.35. The van der Waals surface area contributed by atoms with Gasteiger partial charge in [0.1, 0.15) is 11.6 Å². The number of nitrogens with one attached hydrogen (secondary N) is 4. The van der Waals surface area contributed by atoms with Gasteiger partial charge in [-0.3, -0.25) is 0 Å². The summed E-state index contributed by atoms with van der Waals surface area (Å²) in [4.78, 5) is 16.1.